The number of aromatic nitrogens is 2. The molecule has 0 radical (unpaired) electrons. The zero-order valence-electron chi connectivity index (χ0n) is 7.82. The summed E-state index contributed by atoms with van der Waals surface area (Å²) in [6.45, 7) is 2.06. The average molecular weight is 202 g/mol. The largest absolute Gasteiger partial charge is 0.350 e. The Kier molecular flexibility index (Phi) is 2.41. The molecule has 14 heavy (non-hydrogen) atoms. The maximum atomic E-state index is 4.93. The third-order valence-corrected chi connectivity index (χ3v) is 2.21. The summed E-state index contributed by atoms with van der Waals surface area (Å²) in [6.07, 6.45) is 3.49. The van der Waals surface area contributed by atoms with Crippen molar-refractivity contribution in [1.29, 1.82) is 0 Å². The summed E-state index contributed by atoms with van der Waals surface area (Å²) in [4.78, 5) is 7.22. The molecule has 1 aromatic heterocycles. The van der Waals surface area contributed by atoms with Gasteiger partial charge in [-0.15, -0.1) is 0 Å². The van der Waals surface area contributed by atoms with Crippen LogP contribution < -0.4 is 0 Å². The summed E-state index contributed by atoms with van der Waals surface area (Å²) >= 11 is 4.93. The van der Waals surface area contributed by atoms with E-state index in [1.165, 1.54) is 5.56 Å². The van der Waals surface area contributed by atoms with E-state index in [0.29, 0.717) is 4.64 Å². The molecule has 0 atom stereocenters. The van der Waals surface area contributed by atoms with Gasteiger partial charge < -0.3 is 4.98 Å². The number of nitrogens with one attached hydrogen (secondary N) is 1. The third-order valence-electron chi connectivity index (χ3n) is 1.99. The minimum Gasteiger partial charge on any atom is -0.350 e. The summed E-state index contributed by atoms with van der Waals surface area (Å²) in [5.74, 6) is 0. The monoisotopic (exact) mass is 202 g/mol. The average Bonchev–Trinajstić information content (AvgIpc) is 2.19. The SMILES string of the molecule is Cc1cccc(-c2c[nH]c(=S)cn2)c1. The van der Waals surface area contributed by atoms with Crippen LogP contribution in [0.4, 0.5) is 0 Å². The summed E-state index contributed by atoms with van der Waals surface area (Å²) in [5.41, 5.74) is 3.25. The second kappa shape index (κ2) is 3.72. The van der Waals surface area contributed by atoms with Crippen molar-refractivity contribution in [3.05, 3.63) is 46.9 Å². The summed E-state index contributed by atoms with van der Waals surface area (Å²) in [5, 5.41) is 0. The van der Waals surface area contributed by atoms with Crippen LogP contribution in [-0.4, -0.2) is 9.97 Å². The first-order chi connectivity index (χ1) is 6.75. The van der Waals surface area contributed by atoms with Crippen LogP contribution in [0, 0.1) is 11.6 Å². The highest BCUT2D eigenvalue weighted by Crippen LogP contribution is 2.16. The first kappa shape index (κ1) is 9.09. The first-order valence-corrected chi connectivity index (χ1v) is 4.78. The molecule has 0 bridgehead atoms. The van der Waals surface area contributed by atoms with Gasteiger partial charge >= 0.3 is 0 Å². The van der Waals surface area contributed by atoms with Crippen LogP contribution in [0.3, 0.4) is 0 Å². The molecule has 0 aliphatic heterocycles. The van der Waals surface area contributed by atoms with Crippen LogP contribution in [0.15, 0.2) is 36.7 Å². The number of rotatable bonds is 1. The lowest BCUT2D eigenvalue weighted by Gasteiger charge is -2.00. The Balaban J connectivity index is 2.49. The minimum absolute atomic E-state index is 0.654. The number of nitrogens with zero attached hydrogens (tertiary/aromatic N) is 1. The molecular weight excluding hydrogens is 192 g/mol. The highest BCUT2D eigenvalue weighted by atomic mass is 32.1. The van der Waals surface area contributed by atoms with Gasteiger partial charge in [-0.2, -0.15) is 0 Å². The first-order valence-electron chi connectivity index (χ1n) is 4.37. The Morgan fingerprint density at radius 2 is 2.21 bits per heavy atom. The van der Waals surface area contributed by atoms with E-state index >= 15 is 0 Å². The Morgan fingerprint density at radius 1 is 1.36 bits per heavy atom. The zero-order valence-corrected chi connectivity index (χ0v) is 8.64. The lowest BCUT2D eigenvalue weighted by atomic mass is 10.1. The van der Waals surface area contributed by atoms with Gasteiger partial charge in [0, 0.05) is 11.8 Å². The molecule has 0 amide bonds. The zero-order chi connectivity index (χ0) is 9.97. The molecule has 0 spiro atoms. The van der Waals surface area contributed by atoms with Gasteiger partial charge in [0.15, 0.2) is 0 Å². The number of H-pyrrole nitrogens is 1. The van der Waals surface area contributed by atoms with E-state index in [1.54, 1.807) is 6.20 Å². The second-order valence-electron chi connectivity index (χ2n) is 3.17. The van der Waals surface area contributed by atoms with Crippen molar-refractivity contribution < 1.29 is 0 Å². The number of aryl methyl sites for hydroxylation is 1. The molecule has 2 rings (SSSR count). The molecule has 0 saturated heterocycles. The van der Waals surface area contributed by atoms with Crippen LogP contribution in [0.5, 0.6) is 0 Å². The van der Waals surface area contributed by atoms with Crippen LogP contribution >= 0.6 is 12.2 Å². The topological polar surface area (TPSA) is 28.7 Å². The van der Waals surface area contributed by atoms with Gasteiger partial charge in [0.05, 0.1) is 11.9 Å². The fraction of sp³-hybridized carbons (Fsp3) is 0.0909. The van der Waals surface area contributed by atoms with Crippen molar-refractivity contribution in [2.45, 2.75) is 6.92 Å². The van der Waals surface area contributed by atoms with E-state index in [1.807, 2.05) is 18.3 Å². The molecule has 2 aromatic rings. The van der Waals surface area contributed by atoms with Crippen molar-refractivity contribution >= 4 is 12.2 Å². The van der Waals surface area contributed by atoms with E-state index in [9.17, 15) is 0 Å². The van der Waals surface area contributed by atoms with Crippen molar-refractivity contribution in [2.75, 3.05) is 0 Å². The number of hydrogen-bond donors (Lipinski definition) is 1. The van der Waals surface area contributed by atoms with E-state index in [2.05, 4.69) is 29.0 Å². The van der Waals surface area contributed by atoms with Crippen molar-refractivity contribution in [3.63, 3.8) is 0 Å². The molecule has 1 heterocycles. The van der Waals surface area contributed by atoms with Crippen LogP contribution in [0.25, 0.3) is 11.3 Å². The maximum Gasteiger partial charge on any atom is 0.121 e. The van der Waals surface area contributed by atoms with Gasteiger partial charge in [-0.1, -0.05) is 36.0 Å². The summed E-state index contributed by atoms with van der Waals surface area (Å²) in [7, 11) is 0. The Bertz CT molecular complexity index is 482. The predicted molar refractivity (Wildman–Crippen MR) is 59.6 cm³/mol. The van der Waals surface area contributed by atoms with E-state index < -0.39 is 0 Å². The van der Waals surface area contributed by atoms with Gasteiger partial charge in [0.25, 0.3) is 0 Å². The fourth-order valence-corrected chi connectivity index (χ4v) is 1.42. The minimum atomic E-state index is 0.654. The number of hydrogen-bond acceptors (Lipinski definition) is 2. The molecule has 0 aliphatic rings. The molecular formula is C11H10N2S. The van der Waals surface area contributed by atoms with Crippen molar-refractivity contribution in [2.24, 2.45) is 0 Å². The third kappa shape index (κ3) is 1.88. The molecule has 3 heteroatoms. The van der Waals surface area contributed by atoms with Crippen LogP contribution in [0.2, 0.25) is 0 Å². The quantitative estimate of drug-likeness (QED) is 0.720. The molecule has 0 aliphatic carbocycles. The van der Waals surface area contributed by atoms with Crippen LogP contribution in [-0.2, 0) is 0 Å². The smallest absolute Gasteiger partial charge is 0.121 e. The molecule has 70 valence electrons. The van der Waals surface area contributed by atoms with E-state index in [-0.39, 0.29) is 0 Å². The van der Waals surface area contributed by atoms with E-state index in [4.69, 9.17) is 12.2 Å². The van der Waals surface area contributed by atoms with E-state index in [0.717, 1.165) is 11.3 Å². The van der Waals surface area contributed by atoms with Gasteiger partial charge in [0.2, 0.25) is 0 Å². The number of benzene rings is 1. The predicted octanol–water partition coefficient (Wildman–Crippen LogP) is 3.11. The fourth-order valence-electron chi connectivity index (χ4n) is 1.30. The normalized spacial score (nSPS) is 10.1. The lowest BCUT2D eigenvalue weighted by molar-refractivity contribution is 1.18. The van der Waals surface area contributed by atoms with Crippen molar-refractivity contribution in [3.8, 4) is 11.3 Å². The molecule has 0 fully saturated rings. The molecule has 1 aromatic carbocycles. The number of aromatic amines is 1. The van der Waals surface area contributed by atoms with Gasteiger partial charge in [-0.05, 0) is 13.0 Å². The van der Waals surface area contributed by atoms with Crippen molar-refractivity contribution in [1.82, 2.24) is 9.97 Å². The highest BCUT2D eigenvalue weighted by molar-refractivity contribution is 7.71. The molecule has 0 saturated carbocycles. The molecule has 1 N–H and O–H groups in total. The Morgan fingerprint density at radius 3 is 2.86 bits per heavy atom. The standard InChI is InChI=1S/C11H10N2S/c1-8-3-2-4-9(5-8)10-6-13-11(14)7-12-10/h2-7H,1H3,(H,13,14). The summed E-state index contributed by atoms with van der Waals surface area (Å²) in [6, 6.07) is 8.22. The van der Waals surface area contributed by atoms with Gasteiger partial charge in [-0.3, -0.25) is 4.98 Å². The second-order valence-corrected chi connectivity index (χ2v) is 3.61. The molecule has 2 nitrogen and oxygen atoms in total. The van der Waals surface area contributed by atoms with Gasteiger partial charge in [-0.25, -0.2) is 0 Å². The molecule has 0 unspecified atom stereocenters. The summed E-state index contributed by atoms with van der Waals surface area (Å²) < 4.78 is 0.654. The Hall–Kier alpha value is -1.48. The maximum absolute atomic E-state index is 4.93. The highest BCUT2D eigenvalue weighted by Gasteiger charge is 1.97. The van der Waals surface area contributed by atoms with Gasteiger partial charge in [0.1, 0.15) is 4.64 Å². The Labute approximate surface area is 87.7 Å². The van der Waals surface area contributed by atoms with Crippen LogP contribution in [0.1, 0.15) is 5.56 Å². The lowest BCUT2D eigenvalue weighted by Crippen LogP contribution is -1.85.